The maximum absolute atomic E-state index is 13.7. The zero-order valence-electron chi connectivity index (χ0n) is 10.1. The standard InChI is InChI=1S/C12H11FN4O2/c1-16(10-5-3-2-4-9(10)13)12-7-8(17(18)19)6-11(14)15-12/h2-7H,1H3,(H2,14,15). The monoisotopic (exact) mass is 262 g/mol. The highest BCUT2D eigenvalue weighted by Crippen LogP contribution is 2.28. The van der Waals surface area contributed by atoms with E-state index in [-0.39, 0.29) is 23.0 Å². The van der Waals surface area contributed by atoms with Crippen molar-refractivity contribution in [2.45, 2.75) is 0 Å². The van der Waals surface area contributed by atoms with Crippen LogP contribution in [0.3, 0.4) is 0 Å². The van der Waals surface area contributed by atoms with Crippen molar-refractivity contribution in [3.63, 3.8) is 0 Å². The largest absolute Gasteiger partial charge is 0.383 e. The summed E-state index contributed by atoms with van der Waals surface area (Å²) in [5.41, 5.74) is 5.59. The minimum absolute atomic E-state index is 0.00684. The van der Waals surface area contributed by atoms with Crippen LogP contribution in [-0.2, 0) is 0 Å². The number of para-hydroxylation sites is 1. The van der Waals surface area contributed by atoms with Gasteiger partial charge in [-0.05, 0) is 12.1 Å². The summed E-state index contributed by atoms with van der Waals surface area (Å²) in [7, 11) is 1.56. The number of nitrogens with two attached hydrogens (primary N) is 1. The van der Waals surface area contributed by atoms with E-state index in [9.17, 15) is 14.5 Å². The zero-order chi connectivity index (χ0) is 14.0. The van der Waals surface area contributed by atoms with Gasteiger partial charge in [0.1, 0.15) is 17.5 Å². The Hall–Kier alpha value is -2.70. The van der Waals surface area contributed by atoms with Crippen LogP contribution in [0.25, 0.3) is 0 Å². The normalized spacial score (nSPS) is 10.2. The molecule has 98 valence electrons. The zero-order valence-corrected chi connectivity index (χ0v) is 10.1. The first-order chi connectivity index (χ1) is 8.99. The second kappa shape index (κ2) is 4.89. The van der Waals surface area contributed by atoms with Crippen LogP contribution in [0, 0.1) is 15.9 Å². The molecule has 1 aromatic carbocycles. The quantitative estimate of drug-likeness (QED) is 0.678. The Labute approximate surface area is 108 Å². The number of hydrogen-bond donors (Lipinski definition) is 1. The molecule has 0 bridgehead atoms. The fourth-order valence-electron chi connectivity index (χ4n) is 1.65. The molecular formula is C12H11FN4O2. The average Bonchev–Trinajstić information content (AvgIpc) is 2.37. The van der Waals surface area contributed by atoms with Crippen LogP contribution in [0.15, 0.2) is 36.4 Å². The van der Waals surface area contributed by atoms with Crippen molar-refractivity contribution in [1.82, 2.24) is 4.98 Å². The minimum Gasteiger partial charge on any atom is -0.383 e. The summed E-state index contributed by atoms with van der Waals surface area (Å²) in [4.78, 5) is 15.6. The number of rotatable bonds is 3. The molecule has 2 N–H and O–H groups in total. The van der Waals surface area contributed by atoms with Crippen molar-refractivity contribution >= 4 is 23.0 Å². The highest BCUT2D eigenvalue weighted by atomic mass is 19.1. The van der Waals surface area contributed by atoms with Gasteiger partial charge in [0, 0.05) is 7.05 Å². The van der Waals surface area contributed by atoms with Crippen LogP contribution in [0.5, 0.6) is 0 Å². The van der Waals surface area contributed by atoms with Gasteiger partial charge in [-0.25, -0.2) is 9.37 Å². The molecule has 0 saturated carbocycles. The number of benzene rings is 1. The first-order valence-electron chi connectivity index (χ1n) is 5.39. The molecule has 0 aliphatic rings. The molecule has 2 aromatic rings. The molecule has 1 aromatic heterocycles. The Morgan fingerprint density at radius 1 is 1.37 bits per heavy atom. The highest BCUT2D eigenvalue weighted by Gasteiger charge is 2.15. The summed E-state index contributed by atoms with van der Waals surface area (Å²) in [5, 5.41) is 10.8. The Balaban J connectivity index is 2.47. The molecule has 7 heteroatoms. The van der Waals surface area contributed by atoms with Crippen LogP contribution < -0.4 is 10.6 Å². The summed E-state index contributed by atoms with van der Waals surface area (Å²) in [6.07, 6.45) is 0. The van der Waals surface area contributed by atoms with Gasteiger partial charge in [-0.3, -0.25) is 10.1 Å². The number of nitro groups is 1. The SMILES string of the molecule is CN(c1cc([N+](=O)[O-])cc(N)n1)c1ccccc1F. The smallest absolute Gasteiger partial charge is 0.276 e. The molecule has 0 amide bonds. The van der Waals surface area contributed by atoms with Crippen LogP contribution >= 0.6 is 0 Å². The van der Waals surface area contributed by atoms with Gasteiger partial charge in [0.25, 0.3) is 5.69 Å². The molecule has 0 unspecified atom stereocenters. The summed E-state index contributed by atoms with van der Waals surface area (Å²) in [5.74, 6) is -0.235. The number of nitrogens with zero attached hydrogens (tertiary/aromatic N) is 3. The predicted molar refractivity (Wildman–Crippen MR) is 69.8 cm³/mol. The maximum Gasteiger partial charge on any atom is 0.276 e. The van der Waals surface area contributed by atoms with Crippen LogP contribution in [0.1, 0.15) is 0 Å². The van der Waals surface area contributed by atoms with Gasteiger partial charge < -0.3 is 10.6 Å². The van der Waals surface area contributed by atoms with Gasteiger partial charge in [-0.1, -0.05) is 12.1 Å². The molecule has 0 fully saturated rings. The van der Waals surface area contributed by atoms with Gasteiger partial charge in [-0.2, -0.15) is 0 Å². The molecular weight excluding hydrogens is 251 g/mol. The summed E-state index contributed by atoms with van der Waals surface area (Å²) >= 11 is 0. The van der Waals surface area contributed by atoms with E-state index in [1.54, 1.807) is 25.2 Å². The topological polar surface area (TPSA) is 85.3 Å². The molecule has 2 rings (SSSR count). The second-order valence-electron chi connectivity index (χ2n) is 3.88. The van der Waals surface area contributed by atoms with E-state index in [2.05, 4.69) is 4.98 Å². The number of pyridine rings is 1. The average molecular weight is 262 g/mol. The van der Waals surface area contributed by atoms with Gasteiger partial charge >= 0.3 is 0 Å². The van der Waals surface area contributed by atoms with Crippen molar-refractivity contribution in [3.8, 4) is 0 Å². The lowest BCUT2D eigenvalue weighted by Crippen LogP contribution is -2.13. The molecule has 0 saturated heterocycles. The van der Waals surface area contributed by atoms with Crippen molar-refractivity contribution in [2.75, 3.05) is 17.7 Å². The molecule has 0 aliphatic carbocycles. The van der Waals surface area contributed by atoms with E-state index in [4.69, 9.17) is 5.73 Å². The molecule has 6 nitrogen and oxygen atoms in total. The van der Waals surface area contributed by atoms with Crippen molar-refractivity contribution in [2.24, 2.45) is 0 Å². The summed E-state index contributed by atoms with van der Waals surface area (Å²) < 4.78 is 13.7. The van der Waals surface area contributed by atoms with Gasteiger partial charge in [0.2, 0.25) is 0 Å². The minimum atomic E-state index is -0.573. The van der Waals surface area contributed by atoms with E-state index >= 15 is 0 Å². The third kappa shape index (κ3) is 2.59. The molecule has 0 radical (unpaired) electrons. The first kappa shape index (κ1) is 12.7. The lowest BCUT2D eigenvalue weighted by atomic mass is 10.2. The summed E-state index contributed by atoms with van der Waals surface area (Å²) in [6.45, 7) is 0. The Morgan fingerprint density at radius 2 is 2.05 bits per heavy atom. The number of anilines is 3. The van der Waals surface area contributed by atoms with Crippen molar-refractivity contribution in [1.29, 1.82) is 0 Å². The van der Waals surface area contributed by atoms with Crippen LogP contribution in [0.2, 0.25) is 0 Å². The second-order valence-corrected chi connectivity index (χ2v) is 3.88. The Morgan fingerprint density at radius 3 is 2.68 bits per heavy atom. The predicted octanol–water partition coefficient (Wildman–Crippen LogP) is 2.48. The number of nitrogen functional groups attached to an aromatic ring is 1. The van der Waals surface area contributed by atoms with Crippen LogP contribution in [0.4, 0.5) is 27.4 Å². The molecule has 1 heterocycles. The summed E-state index contributed by atoms with van der Waals surface area (Å²) in [6, 6.07) is 8.46. The lowest BCUT2D eigenvalue weighted by Gasteiger charge is -2.18. The highest BCUT2D eigenvalue weighted by molar-refractivity contribution is 5.64. The lowest BCUT2D eigenvalue weighted by molar-refractivity contribution is -0.384. The third-order valence-electron chi connectivity index (χ3n) is 2.58. The maximum atomic E-state index is 13.7. The first-order valence-corrected chi connectivity index (χ1v) is 5.39. The molecule has 0 spiro atoms. The van der Waals surface area contributed by atoms with Crippen LogP contribution in [-0.4, -0.2) is 17.0 Å². The van der Waals surface area contributed by atoms with Gasteiger partial charge in [0.15, 0.2) is 0 Å². The Kier molecular flexibility index (Phi) is 3.28. The van der Waals surface area contributed by atoms with E-state index in [0.717, 1.165) is 6.07 Å². The van der Waals surface area contributed by atoms with E-state index < -0.39 is 10.7 Å². The molecule has 0 aliphatic heterocycles. The Bertz CT molecular complexity index is 633. The van der Waals surface area contributed by atoms with Gasteiger partial charge in [-0.15, -0.1) is 0 Å². The number of halogens is 1. The third-order valence-corrected chi connectivity index (χ3v) is 2.58. The number of hydrogen-bond acceptors (Lipinski definition) is 5. The van der Waals surface area contributed by atoms with E-state index in [0.29, 0.717) is 0 Å². The molecule has 0 atom stereocenters. The fourth-order valence-corrected chi connectivity index (χ4v) is 1.65. The van der Waals surface area contributed by atoms with Crippen molar-refractivity contribution < 1.29 is 9.31 Å². The molecule has 19 heavy (non-hydrogen) atoms. The number of aromatic nitrogens is 1. The van der Waals surface area contributed by atoms with E-state index in [1.165, 1.54) is 17.0 Å². The van der Waals surface area contributed by atoms with Crippen molar-refractivity contribution in [3.05, 3.63) is 52.3 Å². The van der Waals surface area contributed by atoms with Gasteiger partial charge in [0.05, 0.1) is 22.7 Å². The fraction of sp³-hybridized carbons (Fsp3) is 0.0833. The van der Waals surface area contributed by atoms with E-state index in [1.807, 2.05) is 0 Å².